The molecule has 0 aromatic heterocycles. The zero-order valence-electron chi connectivity index (χ0n) is 9.19. The van der Waals surface area contributed by atoms with Gasteiger partial charge in [-0.25, -0.2) is 0 Å². The fraction of sp³-hybridized carbons (Fsp3) is 0.800. The van der Waals surface area contributed by atoms with Crippen LogP contribution in [-0.4, -0.2) is 36.9 Å². The molecule has 0 bridgehead atoms. The third kappa shape index (κ3) is 3.51. The van der Waals surface area contributed by atoms with Gasteiger partial charge in [0.05, 0.1) is 12.7 Å². The molecule has 1 aliphatic rings. The summed E-state index contributed by atoms with van der Waals surface area (Å²) in [6, 6.07) is 0. The van der Waals surface area contributed by atoms with Gasteiger partial charge in [-0.15, -0.1) is 0 Å². The minimum atomic E-state index is -0.500. The molecule has 86 valence electrons. The molecule has 0 radical (unpaired) electrons. The van der Waals surface area contributed by atoms with Gasteiger partial charge in [-0.1, -0.05) is 0 Å². The van der Waals surface area contributed by atoms with Gasteiger partial charge in [0.1, 0.15) is 6.10 Å². The summed E-state index contributed by atoms with van der Waals surface area (Å²) in [4.78, 5) is 21.7. The first-order valence-corrected chi connectivity index (χ1v) is 4.96. The lowest BCUT2D eigenvalue weighted by Crippen LogP contribution is -2.47. The second-order valence-corrected chi connectivity index (χ2v) is 3.59. The van der Waals surface area contributed by atoms with Crippen molar-refractivity contribution in [1.29, 1.82) is 0 Å². The lowest BCUT2D eigenvalue weighted by atomic mass is 10.0. The topological polar surface area (TPSA) is 61.8 Å². The fourth-order valence-electron chi connectivity index (χ4n) is 1.63. The fourth-order valence-corrected chi connectivity index (χ4v) is 1.63. The zero-order chi connectivity index (χ0) is 11.4. The average molecular weight is 216 g/mol. The summed E-state index contributed by atoms with van der Waals surface area (Å²) in [6.45, 7) is 4.97. The molecule has 3 atom stereocenters. The van der Waals surface area contributed by atoms with Crippen molar-refractivity contribution in [3.05, 3.63) is 0 Å². The monoisotopic (exact) mass is 216 g/mol. The third-order valence-electron chi connectivity index (χ3n) is 2.23. The van der Waals surface area contributed by atoms with E-state index in [1.807, 2.05) is 0 Å². The highest BCUT2D eigenvalue weighted by Crippen LogP contribution is 2.20. The van der Waals surface area contributed by atoms with E-state index in [0.717, 1.165) is 0 Å². The van der Waals surface area contributed by atoms with Gasteiger partial charge < -0.3 is 14.2 Å². The summed E-state index contributed by atoms with van der Waals surface area (Å²) in [5.74, 6) is -0.763. The summed E-state index contributed by atoms with van der Waals surface area (Å²) in [5.41, 5.74) is 0. The molecule has 1 aliphatic heterocycles. The zero-order valence-corrected chi connectivity index (χ0v) is 9.19. The van der Waals surface area contributed by atoms with Gasteiger partial charge in [0.15, 0.2) is 6.10 Å². The second-order valence-electron chi connectivity index (χ2n) is 3.59. The Labute approximate surface area is 88.7 Å². The van der Waals surface area contributed by atoms with Crippen molar-refractivity contribution in [1.82, 2.24) is 0 Å². The maximum absolute atomic E-state index is 10.9. The van der Waals surface area contributed by atoms with Crippen LogP contribution in [0.5, 0.6) is 0 Å². The Bertz CT molecular complexity index is 250. The molecule has 1 fully saturated rings. The quantitative estimate of drug-likeness (QED) is 0.634. The lowest BCUT2D eigenvalue weighted by Gasteiger charge is -2.34. The van der Waals surface area contributed by atoms with Crippen molar-refractivity contribution in [2.75, 3.05) is 6.61 Å². The summed E-state index contributed by atoms with van der Waals surface area (Å²) < 4.78 is 15.5. The second kappa shape index (κ2) is 5.11. The molecule has 0 aromatic rings. The normalized spacial score (nSPS) is 30.7. The van der Waals surface area contributed by atoms with Gasteiger partial charge in [0.2, 0.25) is 0 Å². The largest absolute Gasteiger partial charge is 0.458 e. The van der Waals surface area contributed by atoms with E-state index in [9.17, 15) is 9.59 Å². The van der Waals surface area contributed by atoms with Crippen molar-refractivity contribution in [2.45, 2.75) is 45.5 Å². The Kier molecular flexibility index (Phi) is 4.08. The van der Waals surface area contributed by atoms with Crippen LogP contribution in [0.1, 0.15) is 27.2 Å². The molecule has 0 saturated carbocycles. The lowest BCUT2D eigenvalue weighted by molar-refractivity contribution is -0.190. The molecular formula is C10H16O5. The maximum Gasteiger partial charge on any atom is 0.303 e. The number of esters is 2. The Balaban J connectivity index is 2.63. The highest BCUT2D eigenvalue weighted by molar-refractivity contribution is 5.67. The number of ether oxygens (including phenoxy) is 3. The van der Waals surface area contributed by atoms with E-state index in [1.54, 1.807) is 6.92 Å². The number of carbonyl (C=O) groups excluding carboxylic acids is 2. The van der Waals surface area contributed by atoms with Crippen LogP contribution >= 0.6 is 0 Å². The van der Waals surface area contributed by atoms with Crippen LogP contribution in [0.3, 0.4) is 0 Å². The molecule has 15 heavy (non-hydrogen) atoms. The van der Waals surface area contributed by atoms with Gasteiger partial charge in [0.25, 0.3) is 0 Å². The van der Waals surface area contributed by atoms with Crippen LogP contribution < -0.4 is 0 Å². The van der Waals surface area contributed by atoms with Gasteiger partial charge in [-0.2, -0.15) is 0 Å². The summed E-state index contributed by atoms with van der Waals surface area (Å²) >= 11 is 0. The third-order valence-corrected chi connectivity index (χ3v) is 2.23. The van der Waals surface area contributed by atoms with Crippen LogP contribution in [0, 0.1) is 0 Å². The minimum absolute atomic E-state index is 0.244. The van der Waals surface area contributed by atoms with Gasteiger partial charge in [-0.3, -0.25) is 9.59 Å². The molecule has 1 unspecified atom stereocenters. The van der Waals surface area contributed by atoms with Gasteiger partial charge in [-0.05, 0) is 6.92 Å². The Morgan fingerprint density at radius 2 is 1.80 bits per heavy atom. The van der Waals surface area contributed by atoms with Crippen LogP contribution in [-0.2, 0) is 23.8 Å². The predicted molar refractivity (Wildman–Crippen MR) is 51.1 cm³/mol. The first-order chi connectivity index (χ1) is 7.00. The van der Waals surface area contributed by atoms with Crippen LogP contribution in [0.4, 0.5) is 0 Å². The molecule has 0 aromatic carbocycles. The number of carbonyl (C=O) groups is 2. The van der Waals surface area contributed by atoms with Crippen molar-refractivity contribution in [2.24, 2.45) is 0 Å². The van der Waals surface area contributed by atoms with E-state index in [0.29, 0.717) is 13.0 Å². The molecule has 1 saturated heterocycles. The van der Waals surface area contributed by atoms with Crippen molar-refractivity contribution < 1.29 is 23.8 Å². The van der Waals surface area contributed by atoms with E-state index < -0.39 is 18.2 Å². The van der Waals surface area contributed by atoms with Gasteiger partial charge >= 0.3 is 11.9 Å². The molecule has 0 spiro atoms. The molecule has 1 heterocycles. The van der Waals surface area contributed by atoms with E-state index in [1.165, 1.54) is 13.8 Å². The van der Waals surface area contributed by atoms with E-state index in [2.05, 4.69) is 0 Å². The number of hydrogen-bond donors (Lipinski definition) is 0. The highest BCUT2D eigenvalue weighted by Gasteiger charge is 2.36. The standard InChI is InChI=1S/C10H16O5/c1-6-10(15-8(3)12)9(4-5-13-6)14-7(2)11/h6,9-10H,4-5H2,1-3H3/t6?,9-,10+/m1/s1. The summed E-state index contributed by atoms with van der Waals surface area (Å²) in [7, 11) is 0. The van der Waals surface area contributed by atoms with E-state index in [-0.39, 0.29) is 12.1 Å². The first-order valence-electron chi connectivity index (χ1n) is 4.96. The van der Waals surface area contributed by atoms with Crippen LogP contribution in [0.15, 0.2) is 0 Å². The van der Waals surface area contributed by atoms with Crippen molar-refractivity contribution in [3.8, 4) is 0 Å². The Hall–Kier alpha value is -1.10. The van der Waals surface area contributed by atoms with Crippen molar-refractivity contribution in [3.63, 3.8) is 0 Å². The summed E-state index contributed by atoms with van der Waals surface area (Å²) in [5, 5.41) is 0. The van der Waals surface area contributed by atoms with E-state index >= 15 is 0 Å². The Morgan fingerprint density at radius 1 is 1.20 bits per heavy atom. The molecule has 5 heteroatoms. The first kappa shape index (κ1) is 12.0. The molecule has 5 nitrogen and oxygen atoms in total. The molecule has 0 amide bonds. The highest BCUT2D eigenvalue weighted by atomic mass is 16.6. The van der Waals surface area contributed by atoms with Crippen LogP contribution in [0.25, 0.3) is 0 Å². The van der Waals surface area contributed by atoms with E-state index in [4.69, 9.17) is 14.2 Å². The smallest absolute Gasteiger partial charge is 0.303 e. The van der Waals surface area contributed by atoms with Crippen LogP contribution in [0.2, 0.25) is 0 Å². The Morgan fingerprint density at radius 3 is 2.33 bits per heavy atom. The molecule has 0 aliphatic carbocycles. The summed E-state index contributed by atoms with van der Waals surface area (Å²) in [6.07, 6.45) is -0.579. The SMILES string of the molecule is CC(=O)O[C@@H]1CCOC(C)[C@@H]1OC(C)=O. The van der Waals surface area contributed by atoms with Crippen molar-refractivity contribution >= 4 is 11.9 Å². The molecule has 1 rings (SSSR count). The van der Waals surface area contributed by atoms with Gasteiger partial charge in [0, 0.05) is 20.3 Å². The molecule has 0 N–H and O–H groups in total. The number of rotatable bonds is 2. The maximum atomic E-state index is 10.9. The molecular weight excluding hydrogens is 200 g/mol. The minimum Gasteiger partial charge on any atom is -0.458 e. The average Bonchev–Trinajstić information content (AvgIpc) is 2.09. The number of hydrogen-bond acceptors (Lipinski definition) is 5. The predicted octanol–water partition coefficient (Wildman–Crippen LogP) is 0.659.